The van der Waals surface area contributed by atoms with Gasteiger partial charge < -0.3 is 10.4 Å². The number of hydrogen-bond donors (Lipinski definition) is 2. The maximum Gasteiger partial charge on any atom is 0.226 e. The number of carbonyl (C=O) groups is 1. The van der Waals surface area contributed by atoms with Gasteiger partial charge in [0.1, 0.15) is 18.1 Å². The van der Waals surface area contributed by atoms with E-state index in [-0.39, 0.29) is 23.5 Å². The standard InChI is InChI=1S/C21H18N4O2/c26-16-8-6-14(7-9-16)20-19-17(24-21-22-12-23-25(20)21)10-15(11-18(19)27)13-4-2-1-3-5-13/h1-9,12,15,20,26H,10-11H2,(H,22,23,24)/t15-,20-/m1/s1. The van der Waals surface area contributed by atoms with E-state index in [1.807, 2.05) is 30.3 Å². The maximum atomic E-state index is 13.2. The Bertz CT molecular complexity index is 1040. The number of aromatic hydroxyl groups is 1. The van der Waals surface area contributed by atoms with Crippen LogP contribution in [0.25, 0.3) is 0 Å². The summed E-state index contributed by atoms with van der Waals surface area (Å²) in [4.78, 5) is 17.5. The zero-order chi connectivity index (χ0) is 18.4. The number of phenolic OH excluding ortho intramolecular Hbond substituents is 1. The van der Waals surface area contributed by atoms with Crippen LogP contribution in [0.15, 0.2) is 72.2 Å². The van der Waals surface area contributed by atoms with Crippen LogP contribution in [0.2, 0.25) is 0 Å². The largest absolute Gasteiger partial charge is 0.508 e. The first kappa shape index (κ1) is 15.8. The van der Waals surface area contributed by atoms with E-state index in [4.69, 9.17) is 0 Å². The molecule has 1 aliphatic carbocycles. The van der Waals surface area contributed by atoms with Gasteiger partial charge in [0.2, 0.25) is 5.95 Å². The number of ketones is 1. The Morgan fingerprint density at radius 2 is 1.78 bits per heavy atom. The number of rotatable bonds is 2. The van der Waals surface area contributed by atoms with Crippen LogP contribution in [0.5, 0.6) is 5.75 Å². The lowest BCUT2D eigenvalue weighted by molar-refractivity contribution is -0.116. The van der Waals surface area contributed by atoms with Crippen LogP contribution in [-0.2, 0) is 4.79 Å². The van der Waals surface area contributed by atoms with Crippen LogP contribution in [-0.4, -0.2) is 25.7 Å². The molecule has 1 aliphatic heterocycles. The van der Waals surface area contributed by atoms with Gasteiger partial charge in [0, 0.05) is 17.7 Å². The van der Waals surface area contributed by atoms with E-state index in [2.05, 4.69) is 27.5 Å². The molecule has 6 heteroatoms. The van der Waals surface area contributed by atoms with Gasteiger partial charge in [-0.05, 0) is 35.6 Å². The van der Waals surface area contributed by atoms with Crippen molar-refractivity contribution in [2.24, 2.45) is 0 Å². The third kappa shape index (κ3) is 2.61. The number of allylic oxidation sites excluding steroid dienone is 2. The van der Waals surface area contributed by atoms with Gasteiger partial charge in [-0.1, -0.05) is 42.5 Å². The van der Waals surface area contributed by atoms with E-state index in [9.17, 15) is 9.90 Å². The van der Waals surface area contributed by atoms with Gasteiger partial charge in [-0.3, -0.25) is 4.79 Å². The van der Waals surface area contributed by atoms with Crippen LogP contribution in [0.1, 0.15) is 35.9 Å². The smallest absolute Gasteiger partial charge is 0.226 e. The molecule has 0 fully saturated rings. The number of phenols is 1. The molecule has 0 spiro atoms. The van der Waals surface area contributed by atoms with E-state index in [0.717, 1.165) is 23.3 Å². The number of Topliss-reactive ketones (excluding diaryl/α,β-unsaturated/α-hetero) is 1. The van der Waals surface area contributed by atoms with Crippen molar-refractivity contribution in [3.05, 3.63) is 83.3 Å². The highest BCUT2D eigenvalue weighted by Gasteiger charge is 2.39. The van der Waals surface area contributed by atoms with E-state index < -0.39 is 0 Å². The Kier molecular flexibility index (Phi) is 3.57. The summed E-state index contributed by atoms with van der Waals surface area (Å²) in [6.45, 7) is 0. The second-order valence-electron chi connectivity index (χ2n) is 6.98. The zero-order valence-corrected chi connectivity index (χ0v) is 14.5. The topological polar surface area (TPSA) is 80.0 Å². The highest BCUT2D eigenvalue weighted by atomic mass is 16.3. The molecule has 1 aromatic heterocycles. The molecule has 0 saturated carbocycles. The summed E-state index contributed by atoms with van der Waals surface area (Å²) in [5.41, 5.74) is 3.73. The van der Waals surface area contributed by atoms with Crippen LogP contribution in [0.4, 0.5) is 5.95 Å². The van der Waals surface area contributed by atoms with Crippen molar-refractivity contribution in [3.8, 4) is 5.75 Å². The fourth-order valence-corrected chi connectivity index (χ4v) is 4.08. The predicted molar refractivity (Wildman–Crippen MR) is 100 cm³/mol. The number of benzene rings is 2. The molecule has 0 bridgehead atoms. The van der Waals surface area contributed by atoms with Gasteiger partial charge in [-0.2, -0.15) is 10.1 Å². The molecule has 3 aromatic rings. The molecule has 2 N–H and O–H groups in total. The third-order valence-electron chi connectivity index (χ3n) is 5.34. The molecule has 2 heterocycles. The first-order valence-electron chi connectivity index (χ1n) is 8.97. The number of carbonyl (C=O) groups excluding carboxylic acids is 1. The van der Waals surface area contributed by atoms with Crippen LogP contribution in [0.3, 0.4) is 0 Å². The molecule has 0 radical (unpaired) electrons. The molecule has 0 amide bonds. The van der Waals surface area contributed by atoms with Crippen molar-refractivity contribution in [2.45, 2.75) is 24.8 Å². The highest BCUT2D eigenvalue weighted by molar-refractivity contribution is 6.00. The lowest BCUT2D eigenvalue weighted by Gasteiger charge is -2.35. The second kappa shape index (κ2) is 6.09. The molecular weight excluding hydrogens is 340 g/mol. The number of anilines is 1. The molecule has 0 unspecified atom stereocenters. The van der Waals surface area contributed by atoms with Crippen molar-refractivity contribution in [2.75, 3.05) is 5.32 Å². The molecule has 2 aliphatic rings. The normalized spacial score (nSPS) is 21.4. The summed E-state index contributed by atoms with van der Waals surface area (Å²) in [6.07, 6.45) is 2.73. The Labute approximate surface area is 156 Å². The number of aromatic nitrogens is 3. The van der Waals surface area contributed by atoms with Gasteiger partial charge in [0.15, 0.2) is 5.78 Å². The lowest BCUT2D eigenvalue weighted by atomic mass is 9.78. The van der Waals surface area contributed by atoms with Gasteiger partial charge >= 0.3 is 0 Å². The first-order chi connectivity index (χ1) is 13.2. The number of hydrogen-bond acceptors (Lipinski definition) is 5. The molecule has 2 atom stereocenters. The van der Waals surface area contributed by atoms with Crippen molar-refractivity contribution in [3.63, 3.8) is 0 Å². The monoisotopic (exact) mass is 358 g/mol. The fourth-order valence-electron chi connectivity index (χ4n) is 4.08. The third-order valence-corrected chi connectivity index (χ3v) is 5.34. The van der Waals surface area contributed by atoms with E-state index in [1.54, 1.807) is 16.8 Å². The molecular formula is C21H18N4O2. The quantitative estimate of drug-likeness (QED) is 0.734. The van der Waals surface area contributed by atoms with Crippen molar-refractivity contribution >= 4 is 11.7 Å². The van der Waals surface area contributed by atoms with Gasteiger partial charge in [0.05, 0.1) is 0 Å². The molecule has 134 valence electrons. The summed E-state index contributed by atoms with van der Waals surface area (Å²) >= 11 is 0. The number of nitrogens with zero attached hydrogens (tertiary/aromatic N) is 3. The Hall–Kier alpha value is -3.41. The van der Waals surface area contributed by atoms with Gasteiger partial charge in [-0.25, -0.2) is 4.68 Å². The minimum Gasteiger partial charge on any atom is -0.508 e. The lowest BCUT2D eigenvalue weighted by Crippen LogP contribution is -2.33. The predicted octanol–water partition coefficient (Wildman–Crippen LogP) is 3.40. The van der Waals surface area contributed by atoms with Crippen molar-refractivity contribution in [1.29, 1.82) is 0 Å². The fraction of sp³-hybridized carbons (Fsp3) is 0.190. The summed E-state index contributed by atoms with van der Waals surface area (Å²) in [5.74, 6) is 1.10. The van der Waals surface area contributed by atoms with E-state index in [0.29, 0.717) is 12.4 Å². The minimum absolute atomic E-state index is 0.122. The molecule has 27 heavy (non-hydrogen) atoms. The number of fused-ring (bicyclic) bond motifs is 1. The van der Waals surface area contributed by atoms with Crippen LogP contribution < -0.4 is 5.32 Å². The second-order valence-corrected chi connectivity index (χ2v) is 6.98. The average Bonchev–Trinajstić information content (AvgIpc) is 3.16. The van der Waals surface area contributed by atoms with E-state index in [1.165, 1.54) is 11.9 Å². The first-order valence-corrected chi connectivity index (χ1v) is 8.97. The molecule has 6 nitrogen and oxygen atoms in total. The highest BCUT2D eigenvalue weighted by Crippen LogP contribution is 2.43. The van der Waals surface area contributed by atoms with Crippen molar-refractivity contribution in [1.82, 2.24) is 14.8 Å². The van der Waals surface area contributed by atoms with Crippen LogP contribution in [0, 0.1) is 0 Å². The van der Waals surface area contributed by atoms with Crippen LogP contribution >= 0.6 is 0 Å². The van der Waals surface area contributed by atoms with Gasteiger partial charge in [-0.15, -0.1) is 0 Å². The van der Waals surface area contributed by atoms with Crippen molar-refractivity contribution < 1.29 is 9.90 Å². The summed E-state index contributed by atoms with van der Waals surface area (Å²) < 4.78 is 1.74. The molecule has 5 rings (SSSR count). The average molecular weight is 358 g/mol. The zero-order valence-electron chi connectivity index (χ0n) is 14.5. The molecule has 0 saturated heterocycles. The molecule has 2 aromatic carbocycles. The Morgan fingerprint density at radius 3 is 2.56 bits per heavy atom. The number of nitrogens with one attached hydrogen (secondary N) is 1. The summed E-state index contributed by atoms with van der Waals surface area (Å²) in [6, 6.07) is 16.8. The summed E-state index contributed by atoms with van der Waals surface area (Å²) in [5, 5.41) is 17.3. The minimum atomic E-state index is -0.330. The SMILES string of the molecule is O=C1C[C@H](c2ccccc2)CC2=C1[C@@H](c1ccc(O)cc1)n1ncnc1N2. The summed E-state index contributed by atoms with van der Waals surface area (Å²) in [7, 11) is 0. The van der Waals surface area contributed by atoms with Gasteiger partial charge in [0.25, 0.3) is 0 Å². The maximum absolute atomic E-state index is 13.2. The Balaban J connectivity index is 1.60. The Morgan fingerprint density at radius 1 is 1.00 bits per heavy atom. The van der Waals surface area contributed by atoms with E-state index >= 15 is 0 Å².